The summed E-state index contributed by atoms with van der Waals surface area (Å²) in [6, 6.07) is 5.24. The predicted octanol–water partition coefficient (Wildman–Crippen LogP) is 1.76. The van der Waals surface area contributed by atoms with Crippen LogP contribution in [0.25, 0.3) is 0 Å². The summed E-state index contributed by atoms with van der Waals surface area (Å²) in [6.07, 6.45) is 1.47. The number of hydrogen-bond acceptors (Lipinski definition) is 4. The van der Waals surface area contributed by atoms with Gasteiger partial charge in [-0.05, 0) is 37.6 Å². The molecule has 1 fully saturated rings. The minimum Gasteiger partial charge on any atom is -0.496 e. The first-order chi connectivity index (χ1) is 11.0. The number of hydrogen-bond donors (Lipinski definition) is 2. The molecule has 23 heavy (non-hydrogen) atoms. The van der Waals surface area contributed by atoms with Crippen molar-refractivity contribution in [1.82, 2.24) is 10.2 Å². The van der Waals surface area contributed by atoms with Crippen molar-refractivity contribution < 1.29 is 19.4 Å². The summed E-state index contributed by atoms with van der Waals surface area (Å²) < 4.78 is 5.24. The van der Waals surface area contributed by atoms with E-state index in [4.69, 9.17) is 21.4 Å². The molecule has 0 spiro atoms. The number of likely N-dealkylation sites (tertiary alicyclic amines) is 1. The van der Waals surface area contributed by atoms with Crippen LogP contribution in [-0.4, -0.2) is 48.6 Å². The van der Waals surface area contributed by atoms with Crippen LogP contribution in [-0.2, 0) is 16.1 Å². The van der Waals surface area contributed by atoms with Gasteiger partial charge in [-0.15, -0.1) is 0 Å². The molecule has 1 atom stereocenters. The average Bonchev–Trinajstić information content (AvgIpc) is 2.53. The number of halogens is 1. The fourth-order valence-electron chi connectivity index (χ4n) is 2.74. The van der Waals surface area contributed by atoms with Crippen LogP contribution in [0.15, 0.2) is 18.2 Å². The van der Waals surface area contributed by atoms with Crippen molar-refractivity contribution in [3.8, 4) is 5.75 Å². The monoisotopic (exact) mass is 340 g/mol. The molecule has 1 aromatic rings. The highest BCUT2D eigenvalue weighted by atomic mass is 35.5. The Bertz CT molecular complexity index is 579. The van der Waals surface area contributed by atoms with Gasteiger partial charge >= 0.3 is 5.97 Å². The second-order valence-corrected chi connectivity index (χ2v) is 6.08. The Balaban J connectivity index is 1.85. The highest BCUT2D eigenvalue weighted by Gasteiger charge is 2.26. The van der Waals surface area contributed by atoms with Gasteiger partial charge in [0, 0.05) is 23.7 Å². The minimum atomic E-state index is -0.793. The lowest BCUT2D eigenvalue weighted by Crippen LogP contribution is -2.44. The molecule has 0 radical (unpaired) electrons. The zero-order chi connectivity index (χ0) is 16.8. The van der Waals surface area contributed by atoms with Gasteiger partial charge in [0.05, 0.1) is 19.6 Å². The van der Waals surface area contributed by atoms with E-state index in [1.165, 1.54) is 0 Å². The van der Waals surface area contributed by atoms with E-state index in [0.29, 0.717) is 30.3 Å². The van der Waals surface area contributed by atoms with Crippen LogP contribution in [0.5, 0.6) is 5.75 Å². The topological polar surface area (TPSA) is 78.9 Å². The third-order valence-electron chi connectivity index (χ3n) is 3.94. The first kappa shape index (κ1) is 17.6. The van der Waals surface area contributed by atoms with Gasteiger partial charge in [-0.3, -0.25) is 14.5 Å². The largest absolute Gasteiger partial charge is 0.496 e. The lowest BCUT2D eigenvalue weighted by molar-refractivity contribution is -0.144. The van der Waals surface area contributed by atoms with E-state index >= 15 is 0 Å². The van der Waals surface area contributed by atoms with Crippen molar-refractivity contribution in [3.05, 3.63) is 28.8 Å². The molecule has 1 aliphatic heterocycles. The molecule has 1 aromatic carbocycles. The van der Waals surface area contributed by atoms with Gasteiger partial charge in [0.2, 0.25) is 5.91 Å². The molecule has 126 valence electrons. The maximum absolute atomic E-state index is 12.1. The summed E-state index contributed by atoms with van der Waals surface area (Å²) in [6.45, 7) is 1.69. The van der Waals surface area contributed by atoms with Crippen molar-refractivity contribution in [1.29, 1.82) is 0 Å². The lowest BCUT2D eigenvalue weighted by Gasteiger charge is -2.29. The Hall–Kier alpha value is -1.79. The number of nitrogens with zero attached hydrogens (tertiary/aromatic N) is 1. The van der Waals surface area contributed by atoms with Gasteiger partial charge in [0.25, 0.3) is 0 Å². The van der Waals surface area contributed by atoms with E-state index in [9.17, 15) is 9.59 Å². The maximum Gasteiger partial charge on any atom is 0.307 e. The minimum absolute atomic E-state index is 0.141. The second kappa shape index (κ2) is 8.17. The fourth-order valence-corrected chi connectivity index (χ4v) is 2.93. The molecule has 7 heteroatoms. The van der Waals surface area contributed by atoms with Crippen molar-refractivity contribution in [2.75, 3.05) is 26.7 Å². The SMILES string of the molecule is COc1ccc(Cl)cc1CNC(=O)CN1CCCC(C(=O)O)C1. The number of carbonyl (C=O) groups excluding carboxylic acids is 1. The van der Waals surface area contributed by atoms with Crippen LogP contribution < -0.4 is 10.1 Å². The van der Waals surface area contributed by atoms with E-state index in [1.807, 2.05) is 4.90 Å². The number of rotatable bonds is 6. The molecule has 0 saturated carbocycles. The smallest absolute Gasteiger partial charge is 0.307 e. The van der Waals surface area contributed by atoms with Gasteiger partial charge in [-0.1, -0.05) is 11.6 Å². The molecule has 6 nitrogen and oxygen atoms in total. The van der Waals surface area contributed by atoms with E-state index in [1.54, 1.807) is 25.3 Å². The van der Waals surface area contributed by atoms with Crippen LogP contribution in [0.2, 0.25) is 5.02 Å². The van der Waals surface area contributed by atoms with E-state index in [-0.39, 0.29) is 18.4 Å². The van der Waals surface area contributed by atoms with Crippen LogP contribution in [0.1, 0.15) is 18.4 Å². The van der Waals surface area contributed by atoms with Gasteiger partial charge in [0.1, 0.15) is 5.75 Å². The number of benzene rings is 1. The molecule has 1 saturated heterocycles. The van der Waals surface area contributed by atoms with Crippen LogP contribution >= 0.6 is 11.6 Å². The van der Waals surface area contributed by atoms with Crippen LogP contribution in [0, 0.1) is 5.92 Å². The zero-order valence-corrected chi connectivity index (χ0v) is 13.8. The van der Waals surface area contributed by atoms with Crippen molar-refractivity contribution >= 4 is 23.5 Å². The molecule has 1 unspecified atom stereocenters. The number of carboxylic acids is 1. The first-order valence-corrected chi connectivity index (χ1v) is 7.91. The number of ether oxygens (including phenoxy) is 1. The molecular weight excluding hydrogens is 320 g/mol. The molecule has 0 bridgehead atoms. The van der Waals surface area contributed by atoms with E-state index < -0.39 is 5.97 Å². The fraction of sp³-hybridized carbons (Fsp3) is 0.500. The molecular formula is C16H21ClN2O4. The lowest BCUT2D eigenvalue weighted by atomic mass is 9.98. The number of carboxylic acid groups (broad SMARTS) is 1. The Morgan fingerprint density at radius 2 is 2.26 bits per heavy atom. The van der Waals surface area contributed by atoms with Crippen molar-refractivity contribution in [3.63, 3.8) is 0 Å². The standard InChI is InChI=1S/C16H21ClN2O4/c1-23-14-5-4-13(17)7-12(14)8-18-15(20)10-19-6-2-3-11(9-19)16(21)22/h4-5,7,11H,2-3,6,8-10H2,1H3,(H,18,20)(H,21,22). The summed E-state index contributed by atoms with van der Waals surface area (Å²) in [5, 5.41) is 12.5. The van der Waals surface area contributed by atoms with Gasteiger partial charge in [-0.25, -0.2) is 0 Å². The predicted molar refractivity (Wildman–Crippen MR) is 86.7 cm³/mol. The number of piperidine rings is 1. The number of aliphatic carboxylic acids is 1. The molecule has 0 aromatic heterocycles. The summed E-state index contributed by atoms with van der Waals surface area (Å²) in [4.78, 5) is 25.0. The van der Waals surface area contributed by atoms with Gasteiger partial charge in [0.15, 0.2) is 0 Å². The van der Waals surface area contributed by atoms with Crippen LogP contribution in [0.3, 0.4) is 0 Å². The Morgan fingerprint density at radius 1 is 1.48 bits per heavy atom. The maximum atomic E-state index is 12.1. The molecule has 1 amide bonds. The summed E-state index contributed by atoms with van der Waals surface area (Å²) in [7, 11) is 1.56. The highest BCUT2D eigenvalue weighted by molar-refractivity contribution is 6.30. The second-order valence-electron chi connectivity index (χ2n) is 5.65. The first-order valence-electron chi connectivity index (χ1n) is 7.54. The average molecular weight is 341 g/mol. The number of amides is 1. The summed E-state index contributed by atoms with van der Waals surface area (Å²) >= 11 is 5.96. The van der Waals surface area contributed by atoms with E-state index in [0.717, 1.165) is 18.5 Å². The molecule has 2 N–H and O–H groups in total. The summed E-state index contributed by atoms with van der Waals surface area (Å²) in [5.74, 6) is -0.653. The number of nitrogens with one attached hydrogen (secondary N) is 1. The third kappa shape index (κ3) is 5.11. The normalized spacial score (nSPS) is 18.4. The third-order valence-corrected chi connectivity index (χ3v) is 4.18. The molecule has 2 rings (SSSR count). The number of carbonyl (C=O) groups is 2. The van der Waals surface area contributed by atoms with Crippen molar-refractivity contribution in [2.24, 2.45) is 5.92 Å². The number of methoxy groups -OCH3 is 1. The Morgan fingerprint density at radius 3 is 2.96 bits per heavy atom. The zero-order valence-electron chi connectivity index (χ0n) is 13.0. The van der Waals surface area contributed by atoms with Crippen molar-refractivity contribution in [2.45, 2.75) is 19.4 Å². The Labute approximate surface area is 140 Å². The molecule has 1 aliphatic rings. The quantitative estimate of drug-likeness (QED) is 0.825. The molecule has 0 aliphatic carbocycles. The van der Waals surface area contributed by atoms with Gasteiger partial charge < -0.3 is 15.2 Å². The van der Waals surface area contributed by atoms with Gasteiger partial charge in [-0.2, -0.15) is 0 Å². The Kier molecular flexibility index (Phi) is 6.24. The van der Waals surface area contributed by atoms with E-state index in [2.05, 4.69) is 5.32 Å². The highest BCUT2D eigenvalue weighted by Crippen LogP contribution is 2.22. The van der Waals surface area contributed by atoms with Crippen LogP contribution in [0.4, 0.5) is 0 Å². The summed E-state index contributed by atoms with van der Waals surface area (Å²) in [5.41, 5.74) is 0.801. The molecule has 1 heterocycles.